The van der Waals surface area contributed by atoms with Crippen LogP contribution in [0.25, 0.3) is 0 Å². The van der Waals surface area contributed by atoms with E-state index in [1.165, 1.54) is 17.1 Å². The first kappa shape index (κ1) is 5.91. The second-order valence-corrected chi connectivity index (χ2v) is 2.37. The van der Waals surface area contributed by atoms with Gasteiger partial charge >= 0.3 is 0 Å². The molecule has 0 aromatic carbocycles. The van der Waals surface area contributed by atoms with Crippen molar-refractivity contribution in [1.82, 2.24) is 9.97 Å². The molecule has 1 heterocycles. The predicted octanol–water partition coefficient (Wildman–Crippen LogP) is 1.41. The van der Waals surface area contributed by atoms with E-state index in [4.69, 9.17) is 0 Å². The number of rotatable bonds is 1. The Labute approximate surface area is 56.5 Å². The third-order valence-electron chi connectivity index (χ3n) is 0.642. The summed E-state index contributed by atoms with van der Waals surface area (Å²) in [7, 11) is 1.34. The molecule has 0 aliphatic carbocycles. The van der Waals surface area contributed by atoms with Gasteiger partial charge in [0.25, 0.3) is 0 Å². The van der Waals surface area contributed by atoms with Crippen LogP contribution in [-0.4, -0.2) is 9.97 Å². The van der Waals surface area contributed by atoms with Crippen molar-refractivity contribution >= 4 is 22.5 Å². The normalized spacial score (nSPS) is 9.12. The standard InChI is InChI=1S/C4H4N2S2/c7-8-4-1-5-3-6-2-4/h1-3,7H. The number of nitrogens with zero attached hydrogens (tertiary/aromatic N) is 2. The molecule has 0 atom stereocenters. The third kappa shape index (κ3) is 1.38. The van der Waals surface area contributed by atoms with E-state index in [0.717, 1.165) is 4.90 Å². The Balaban J connectivity index is 2.83. The van der Waals surface area contributed by atoms with Crippen LogP contribution in [0.15, 0.2) is 23.6 Å². The molecule has 8 heavy (non-hydrogen) atoms. The van der Waals surface area contributed by atoms with Gasteiger partial charge in [-0.2, -0.15) is 0 Å². The van der Waals surface area contributed by atoms with E-state index in [1.54, 1.807) is 12.4 Å². The van der Waals surface area contributed by atoms with Crippen LogP contribution in [-0.2, 0) is 0 Å². The number of aromatic nitrogens is 2. The molecule has 0 aliphatic rings. The second kappa shape index (κ2) is 2.94. The molecule has 0 N–H and O–H groups in total. The summed E-state index contributed by atoms with van der Waals surface area (Å²) in [5.41, 5.74) is 0. The van der Waals surface area contributed by atoms with Gasteiger partial charge in [-0.15, -0.1) is 11.7 Å². The third-order valence-corrected chi connectivity index (χ3v) is 1.70. The zero-order chi connectivity index (χ0) is 5.82. The summed E-state index contributed by atoms with van der Waals surface area (Å²) < 4.78 is 0. The molecule has 0 bridgehead atoms. The van der Waals surface area contributed by atoms with E-state index < -0.39 is 0 Å². The molecular weight excluding hydrogens is 140 g/mol. The van der Waals surface area contributed by atoms with Crippen molar-refractivity contribution in [1.29, 1.82) is 0 Å². The maximum atomic E-state index is 3.95. The molecule has 2 nitrogen and oxygen atoms in total. The lowest BCUT2D eigenvalue weighted by Crippen LogP contribution is -1.73. The highest BCUT2D eigenvalue weighted by Crippen LogP contribution is 2.17. The van der Waals surface area contributed by atoms with Gasteiger partial charge in [0.1, 0.15) is 6.33 Å². The second-order valence-electron chi connectivity index (χ2n) is 1.17. The zero-order valence-corrected chi connectivity index (χ0v) is 5.69. The number of hydrogen-bond acceptors (Lipinski definition) is 4. The fraction of sp³-hybridized carbons (Fsp3) is 0. The van der Waals surface area contributed by atoms with Crippen LogP contribution in [0.3, 0.4) is 0 Å². The van der Waals surface area contributed by atoms with Crippen molar-refractivity contribution < 1.29 is 0 Å². The van der Waals surface area contributed by atoms with Gasteiger partial charge in [-0.25, -0.2) is 9.97 Å². The molecule has 1 aromatic heterocycles. The number of hydrogen-bond donors (Lipinski definition) is 1. The van der Waals surface area contributed by atoms with Crippen LogP contribution in [0.1, 0.15) is 0 Å². The monoisotopic (exact) mass is 144 g/mol. The molecule has 0 fully saturated rings. The molecule has 42 valence electrons. The van der Waals surface area contributed by atoms with Gasteiger partial charge in [-0.05, 0) is 0 Å². The van der Waals surface area contributed by atoms with Crippen molar-refractivity contribution in [2.45, 2.75) is 4.90 Å². The summed E-state index contributed by atoms with van der Waals surface area (Å²) in [5, 5.41) is 0. The Bertz CT molecular complexity index is 153. The van der Waals surface area contributed by atoms with Gasteiger partial charge in [-0.1, -0.05) is 10.8 Å². The average Bonchev–Trinajstić information content (AvgIpc) is 1.90. The summed E-state index contributed by atoms with van der Waals surface area (Å²) in [5.74, 6) is 0. The molecule has 0 aliphatic heterocycles. The Morgan fingerprint density at radius 1 is 1.38 bits per heavy atom. The van der Waals surface area contributed by atoms with E-state index in [-0.39, 0.29) is 0 Å². The topological polar surface area (TPSA) is 25.8 Å². The highest BCUT2D eigenvalue weighted by Gasteiger charge is 1.83. The first-order chi connectivity index (χ1) is 3.93. The predicted molar refractivity (Wildman–Crippen MR) is 36.9 cm³/mol. The van der Waals surface area contributed by atoms with E-state index >= 15 is 0 Å². The fourth-order valence-corrected chi connectivity index (χ4v) is 0.831. The van der Waals surface area contributed by atoms with Gasteiger partial charge in [-0.3, -0.25) is 0 Å². The summed E-state index contributed by atoms with van der Waals surface area (Å²) in [4.78, 5) is 8.52. The van der Waals surface area contributed by atoms with Crippen molar-refractivity contribution in [2.24, 2.45) is 0 Å². The molecule has 4 heteroatoms. The van der Waals surface area contributed by atoms with Crippen LogP contribution >= 0.6 is 22.5 Å². The van der Waals surface area contributed by atoms with E-state index in [9.17, 15) is 0 Å². The summed E-state index contributed by atoms with van der Waals surface area (Å²) in [6.45, 7) is 0. The highest BCUT2D eigenvalue weighted by atomic mass is 33.1. The molecular formula is C4H4N2S2. The Morgan fingerprint density at radius 3 is 2.38 bits per heavy atom. The minimum absolute atomic E-state index is 0.968. The Kier molecular flexibility index (Phi) is 2.17. The molecule has 1 rings (SSSR count). The highest BCUT2D eigenvalue weighted by molar-refractivity contribution is 8.68. The number of thiol groups is 1. The minimum atomic E-state index is 0.968. The minimum Gasteiger partial charge on any atom is -0.244 e. The van der Waals surface area contributed by atoms with E-state index in [2.05, 4.69) is 21.6 Å². The van der Waals surface area contributed by atoms with E-state index in [0.29, 0.717) is 0 Å². The first-order valence-corrected chi connectivity index (χ1v) is 3.87. The Hall–Kier alpha value is -0.220. The lowest BCUT2D eigenvalue weighted by Gasteiger charge is -1.86. The van der Waals surface area contributed by atoms with Crippen LogP contribution < -0.4 is 0 Å². The van der Waals surface area contributed by atoms with Crippen molar-refractivity contribution in [2.75, 3.05) is 0 Å². The van der Waals surface area contributed by atoms with E-state index in [1.807, 2.05) is 0 Å². The van der Waals surface area contributed by atoms with Crippen LogP contribution in [0, 0.1) is 0 Å². The van der Waals surface area contributed by atoms with Crippen LogP contribution in [0.5, 0.6) is 0 Å². The van der Waals surface area contributed by atoms with Crippen molar-refractivity contribution in [3.05, 3.63) is 18.7 Å². The van der Waals surface area contributed by atoms with Gasteiger partial charge in [0.2, 0.25) is 0 Å². The van der Waals surface area contributed by atoms with Crippen molar-refractivity contribution in [3.8, 4) is 0 Å². The summed E-state index contributed by atoms with van der Waals surface area (Å²) in [6.07, 6.45) is 4.92. The molecule has 0 amide bonds. The average molecular weight is 144 g/mol. The maximum Gasteiger partial charge on any atom is 0.115 e. The zero-order valence-electron chi connectivity index (χ0n) is 3.98. The molecule has 0 saturated carbocycles. The fourth-order valence-electron chi connectivity index (χ4n) is 0.333. The van der Waals surface area contributed by atoms with Crippen LogP contribution in [0.2, 0.25) is 0 Å². The molecule has 0 unspecified atom stereocenters. The largest absolute Gasteiger partial charge is 0.244 e. The smallest absolute Gasteiger partial charge is 0.115 e. The lowest BCUT2D eigenvalue weighted by atomic mass is 10.7. The molecule has 0 saturated heterocycles. The lowest BCUT2D eigenvalue weighted by molar-refractivity contribution is 1.10. The molecule has 1 aromatic rings. The summed E-state index contributed by atoms with van der Waals surface area (Å²) in [6, 6.07) is 0. The Morgan fingerprint density at radius 2 is 2.00 bits per heavy atom. The van der Waals surface area contributed by atoms with Gasteiger partial charge in [0.15, 0.2) is 0 Å². The van der Waals surface area contributed by atoms with Gasteiger partial charge in [0.05, 0.1) is 4.90 Å². The molecule has 0 radical (unpaired) electrons. The van der Waals surface area contributed by atoms with Crippen LogP contribution in [0.4, 0.5) is 0 Å². The summed E-state index contributed by atoms with van der Waals surface area (Å²) >= 11 is 3.95. The quantitative estimate of drug-likeness (QED) is 0.476. The van der Waals surface area contributed by atoms with Gasteiger partial charge < -0.3 is 0 Å². The first-order valence-electron chi connectivity index (χ1n) is 2.00. The van der Waals surface area contributed by atoms with Gasteiger partial charge in [0, 0.05) is 12.4 Å². The van der Waals surface area contributed by atoms with Crippen molar-refractivity contribution in [3.63, 3.8) is 0 Å². The molecule has 0 spiro atoms. The maximum absolute atomic E-state index is 3.95. The SMILES string of the molecule is SSc1cncnc1.